The second-order valence-corrected chi connectivity index (χ2v) is 3.47. The molecule has 0 saturated heterocycles. The van der Waals surface area contributed by atoms with Crippen LogP contribution in [0.5, 0.6) is 0 Å². The van der Waals surface area contributed by atoms with Crippen LogP contribution < -0.4 is 5.73 Å². The molecular weight excluding hydrogens is 174 g/mol. The zero-order valence-corrected chi connectivity index (χ0v) is 7.64. The van der Waals surface area contributed by atoms with Crippen molar-refractivity contribution in [1.82, 2.24) is 0 Å². The highest BCUT2D eigenvalue weighted by molar-refractivity contribution is 7.09. The Morgan fingerprint density at radius 2 is 2.58 bits per heavy atom. The molecule has 1 amide bonds. The molecule has 12 heavy (non-hydrogen) atoms. The smallest absolute Gasteiger partial charge is 0.246 e. The first-order valence-electron chi connectivity index (χ1n) is 3.63. The second kappa shape index (κ2) is 4.23. The van der Waals surface area contributed by atoms with Gasteiger partial charge in [-0.1, -0.05) is 6.07 Å². The maximum absolute atomic E-state index is 10.6. The highest BCUT2D eigenvalue weighted by Crippen LogP contribution is 2.10. The van der Waals surface area contributed by atoms with Crippen molar-refractivity contribution in [1.29, 1.82) is 0 Å². The molecule has 4 heteroatoms. The van der Waals surface area contributed by atoms with E-state index < -0.39 is 12.0 Å². The Balaban J connectivity index is 2.31. The quantitative estimate of drug-likeness (QED) is 0.764. The topological polar surface area (TPSA) is 52.3 Å². The fourth-order valence-corrected chi connectivity index (χ4v) is 1.31. The molecule has 0 spiro atoms. The van der Waals surface area contributed by atoms with E-state index in [0.29, 0.717) is 6.61 Å². The molecule has 2 N–H and O–H groups in total. The number of amides is 1. The Morgan fingerprint density at radius 1 is 1.83 bits per heavy atom. The van der Waals surface area contributed by atoms with Crippen LogP contribution in [0.1, 0.15) is 11.8 Å². The van der Waals surface area contributed by atoms with Crippen molar-refractivity contribution in [3.8, 4) is 0 Å². The number of carbonyl (C=O) groups excluding carboxylic acids is 1. The highest BCUT2D eigenvalue weighted by Gasteiger charge is 2.08. The molecular formula is C8H11NO2S. The lowest BCUT2D eigenvalue weighted by atomic mass is 10.4. The molecule has 1 heterocycles. The molecule has 1 rings (SSSR count). The van der Waals surface area contributed by atoms with Crippen LogP contribution in [0.15, 0.2) is 17.5 Å². The molecule has 1 aromatic heterocycles. The number of hydrogen-bond donors (Lipinski definition) is 1. The normalized spacial score (nSPS) is 12.8. The zero-order chi connectivity index (χ0) is 8.97. The molecule has 0 bridgehead atoms. The van der Waals surface area contributed by atoms with Gasteiger partial charge in [-0.05, 0) is 18.4 Å². The number of rotatable bonds is 4. The van der Waals surface area contributed by atoms with Crippen molar-refractivity contribution in [3.63, 3.8) is 0 Å². The van der Waals surface area contributed by atoms with Crippen molar-refractivity contribution in [2.45, 2.75) is 19.6 Å². The van der Waals surface area contributed by atoms with Crippen molar-refractivity contribution < 1.29 is 9.53 Å². The van der Waals surface area contributed by atoms with E-state index in [1.165, 1.54) is 0 Å². The van der Waals surface area contributed by atoms with Gasteiger partial charge in [0.2, 0.25) is 5.91 Å². The third-order valence-corrected chi connectivity index (χ3v) is 2.31. The fraction of sp³-hybridized carbons (Fsp3) is 0.375. The van der Waals surface area contributed by atoms with E-state index in [9.17, 15) is 4.79 Å². The van der Waals surface area contributed by atoms with E-state index in [2.05, 4.69) is 0 Å². The number of primary amides is 1. The van der Waals surface area contributed by atoms with Gasteiger partial charge >= 0.3 is 0 Å². The minimum atomic E-state index is -0.507. The standard InChI is InChI=1S/C8H11NO2S/c1-6(8(9)10)11-5-7-3-2-4-12-7/h2-4,6H,5H2,1H3,(H2,9,10). The van der Waals surface area contributed by atoms with Gasteiger partial charge < -0.3 is 10.5 Å². The van der Waals surface area contributed by atoms with E-state index in [0.717, 1.165) is 4.88 Å². The molecule has 0 saturated carbocycles. The number of hydrogen-bond acceptors (Lipinski definition) is 3. The molecule has 1 atom stereocenters. The monoisotopic (exact) mass is 185 g/mol. The summed E-state index contributed by atoms with van der Waals surface area (Å²) in [7, 11) is 0. The lowest BCUT2D eigenvalue weighted by Crippen LogP contribution is -2.27. The number of carbonyl (C=O) groups is 1. The molecule has 0 aliphatic heterocycles. The van der Waals surface area contributed by atoms with Gasteiger partial charge in [0.05, 0.1) is 6.61 Å². The van der Waals surface area contributed by atoms with E-state index in [1.54, 1.807) is 18.3 Å². The predicted octanol–water partition coefficient (Wildman–Crippen LogP) is 1.14. The van der Waals surface area contributed by atoms with Gasteiger partial charge in [0, 0.05) is 4.88 Å². The first kappa shape index (κ1) is 9.22. The maximum atomic E-state index is 10.6. The number of nitrogens with two attached hydrogens (primary N) is 1. The molecule has 0 aromatic carbocycles. The molecule has 0 aliphatic rings. The van der Waals surface area contributed by atoms with Gasteiger partial charge in [-0.2, -0.15) is 0 Å². The van der Waals surface area contributed by atoms with Crippen molar-refractivity contribution in [2.24, 2.45) is 5.73 Å². The molecule has 0 radical (unpaired) electrons. The van der Waals surface area contributed by atoms with Gasteiger partial charge in [0.25, 0.3) is 0 Å². The van der Waals surface area contributed by atoms with Crippen LogP contribution in [0.25, 0.3) is 0 Å². The molecule has 0 aliphatic carbocycles. The van der Waals surface area contributed by atoms with Crippen molar-refractivity contribution in [2.75, 3.05) is 0 Å². The number of ether oxygens (including phenoxy) is 1. The van der Waals surface area contributed by atoms with E-state index in [1.807, 2.05) is 17.5 Å². The number of thiophene rings is 1. The maximum Gasteiger partial charge on any atom is 0.246 e. The van der Waals surface area contributed by atoms with Crippen LogP contribution in [0.3, 0.4) is 0 Å². The summed E-state index contributed by atoms with van der Waals surface area (Å²) in [6, 6.07) is 3.90. The summed E-state index contributed by atoms with van der Waals surface area (Å²) in [4.78, 5) is 11.7. The Kier molecular flexibility index (Phi) is 3.25. The van der Waals surface area contributed by atoms with Gasteiger partial charge in [0.1, 0.15) is 6.10 Å². The van der Waals surface area contributed by atoms with E-state index in [4.69, 9.17) is 10.5 Å². The second-order valence-electron chi connectivity index (χ2n) is 2.43. The zero-order valence-electron chi connectivity index (χ0n) is 6.82. The molecule has 3 nitrogen and oxygen atoms in total. The summed E-state index contributed by atoms with van der Waals surface area (Å²) in [5, 5.41) is 1.97. The Labute approximate surface area is 75.1 Å². The third kappa shape index (κ3) is 2.64. The van der Waals surface area contributed by atoms with Gasteiger partial charge in [-0.15, -0.1) is 11.3 Å². The third-order valence-electron chi connectivity index (χ3n) is 1.46. The summed E-state index contributed by atoms with van der Waals surface area (Å²) >= 11 is 1.60. The minimum absolute atomic E-state index is 0.424. The average molecular weight is 185 g/mol. The summed E-state index contributed by atoms with van der Waals surface area (Å²) < 4.78 is 5.18. The van der Waals surface area contributed by atoms with E-state index >= 15 is 0 Å². The van der Waals surface area contributed by atoms with Gasteiger partial charge in [-0.3, -0.25) is 4.79 Å². The molecule has 66 valence electrons. The van der Waals surface area contributed by atoms with Crippen molar-refractivity contribution >= 4 is 17.2 Å². The fourth-order valence-electron chi connectivity index (χ4n) is 0.684. The summed E-state index contributed by atoms with van der Waals surface area (Å²) in [6.45, 7) is 2.11. The first-order valence-corrected chi connectivity index (χ1v) is 4.51. The van der Waals surface area contributed by atoms with Gasteiger partial charge in [-0.25, -0.2) is 0 Å². The van der Waals surface area contributed by atoms with Crippen LogP contribution in [0.4, 0.5) is 0 Å². The van der Waals surface area contributed by atoms with Crippen LogP contribution in [-0.4, -0.2) is 12.0 Å². The summed E-state index contributed by atoms with van der Waals surface area (Å²) in [5.74, 6) is -0.424. The Morgan fingerprint density at radius 3 is 3.08 bits per heavy atom. The van der Waals surface area contributed by atoms with Crippen LogP contribution >= 0.6 is 11.3 Å². The van der Waals surface area contributed by atoms with Crippen molar-refractivity contribution in [3.05, 3.63) is 22.4 Å². The summed E-state index contributed by atoms with van der Waals surface area (Å²) in [5.41, 5.74) is 5.01. The average Bonchev–Trinajstić information content (AvgIpc) is 2.51. The van der Waals surface area contributed by atoms with Crippen LogP contribution in [0.2, 0.25) is 0 Å². The van der Waals surface area contributed by atoms with Crippen LogP contribution in [-0.2, 0) is 16.1 Å². The molecule has 0 fully saturated rings. The van der Waals surface area contributed by atoms with Crippen LogP contribution in [0, 0.1) is 0 Å². The predicted molar refractivity (Wildman–Crippen MR) is 47.8 cm³/mol. The highest BCUT2D eigenvalue weighted by atomic mass is 32.1. The lowest BCUT2D eigenvalue weighted by molar-refractivity contribution is -0.129. The minimum Gasteiger partial charge on any atom is -0.367 e. The van der Waals surface area contributed by atoms with E-state index in [-0.39, 0.29) is 0 Å². The molecule has 1 aromatic rings. The Bertz CT molecular complexity index is 246. The largest absolute Gasteiger partial charge is 0.367 e. The SMILES string of the molecule is CC(OCc1cccs1)C(N)=O. The summed E-state index contributed by atoms with van der Waals surface area (Å²) in [6.07, 6.45) is -0.507. The Hall–Kier alpha value is -0.870. The first-order chi connectivity index (χ1) is 5.70. The molecule has 1 unspecified atom stereocenters. The lowest BCUT2D eigenvalue weighted by Gasteiger charge is -2.06. The van der Waals surface area contributed by atoms with Gasteiger partial charge in [0.15, 0.2) is 0 Å².